The Hall–Kier alpha value is -2.71. The summed E-state index contributed by atoms with van der Waals surface area (Å²) in [5, 5.41) is 0. The van der Waals surface area contributed by atoms with E-state index in [0.29, 0.717) is 39.0 Å². The molecule has 0 unspecified atom stereocenters. The maximum Gasteiger partial charge on any atom is 0.243 e. The van der Waals surface area contributed by atoms with Crippen molar-refractivity contribution >= 4 is 27.5 Å². The van der Waals surface area contributed by atoms with Crippen molar-refractivity contribution in [2.24, 2.45) is 5.92 Å². The fraction of sp³-hybridized carbons (Fsp3) is 0.500. The topological polar surface area (TPSA) is 78.0 Å². The largest absolute Gasteiger partial charge is 0.333 e. The van der Waals surface area contributed by atoms with Crippen LogP contribution in [0.1, 0.15) is 58.1 Å². The van der Waals surface area contributed by atoms with Gasteiger partial charge in [0.2, 0.25) is 21.8 Å². The van der Waals surface area contributed by atoms with E-state index in [-0.39, 0.29) is 28.2 Å². The first-order valence-corrected chi connectivity index (χ1v) is 14.2. The molecule has 0 bridgehead atoms. The second-order valence-electron chi connectivity index (χ2n) is 10.8. The lowest BCUT2D eigenvalue weighted by Crippen LogP contribution is -2.50. The maximum absolute atomic E-state index is 13.5. The molecule has 8 heteroatoms. The molecule has 0 saturated carbocycles. The van der Waals surface area contributed by atoms with Gasteiger partial charge in [-0.1, -0.05) is 30.3 Å². The van der Waals surface area contributed by atoms with Crippen LogP contribution in [0.5, 0.6) is 0 Å². The lowest BCUT2D eigenvalue weighted by molar-refractivity contribution is -0.142. The first kappa shape index (κ1) is 26.4. The minimum absolute atomic E-state index is 0.0325. The monoisotopic (exact) mass is 511 g/mol. The van der Waals surface area contributed by atoms with Gasteiger partial charge in [-0.05, 0) is 75.8 Å². The lowest BCUT2D eigenvalue weighted by atomic mass is 9.93. The summed E-state index contributed by atoms with van der Waals surface area (Å²) in [6, 6.07) is 15.0. The van der Waals surface area contributed by atoms with Crippen LogP contribution in [0, 0.1) is 5.92 Å². The SMILES string of the molecule is CC(=O)N1CCCc2cc(S(=O)(=O)N3CCC(C(=O)N(Cc4ccccc4)C(C)(C)C)CC3)ccc21. The number of aryl methyl sites for hydroxylation is 1. The molecule has 36 heavy (non-hydrogen) atoms. The summed E-state index contributed by atoms with van der Waals surface area (Å²) in [6.07, 6.45) is 2.57. The Morgan fingerprint density at radius 3 is 2.28 bits per heavy atom. The number of sulfonamides is 1. The molecule has 0 atom stereocenters. The number of fused-ring (bicyclic) bond motifs is 1. The highest BCUT2D eigenvalue weighted by Crippen LogP contribution is 2.32. The summed E-state index contributed by atoms with van der Waals surface area (Å²) in [7, 11) is -3.67. The zero-order valence-electron chi connectivity index (χ0n) is 21.7. The van der Waals surface area contributed by atoms with Gasteiger partial charge in [-0.15, -0.1) is 0 Å². The average molecular weight is 512 g/mol. The van der Waals surface area contributed by atoms with Crippen LogP contribution >= 0.6 is 0 Å². The second kappa shape index (κ2) is 10.3. The molecule has 2 heterocycles. The Kier molecular flexibility index (Phi) is 7.57. The summed E-state index contributed by atoms with van der Waals surface area (Å²) in [6.45, 7) is 9.48. The van der Waals surface area contributed by atoms with Crippen molar-refractivity contribution in [3.8, 4) is 0 Å². The van der Waals surface area contributed by atoms with Gasteiger partial charge in [0.25, 0.3) is 0 Å². The summed E-state index contributed by atoms with van der Waals surface area (Å²) in [5.41, 5.74) is 2.44. The highest BCUT2D eigenvalue weighted by atomic mass is 32.2. The van der Waals surface area contributed by atoms with E-state index in [1.165, 1.54) is 11.2 Å². The number of carbonyl (C=O) groups is 2. The maximum atomic E-state index is 13.5. The fourth-order valence-electron chi connectivity index (χ4n) is 5.19. The summed E-state index contributed by atoms with van der Waals surface area (Å²) in [5.74, 6) is -0.150. The number of carbonyl (C=O) groups excluding carboxylic acids is 2. The molecule has 2 aromatic carbocycles. The normalized spacial score (nSPS) is 17.5. The number of nitrogens with zero attached hydrogens (tertiary/aromatic N) is 3. The van der Waals surface area contributed by atoms with E-state index in [4.69, 9.17) is 0 Å². The molecule has 7 nitrogen and oxygen atoms in total. The predicted octanol–water partition coefficient (Wildman–Crippen LogP) is 4.21. The highest BCUT2D eigenvalue weighted by molar-refractivity contribution is 7.89. The average Bonchev–Trinajstić information content (AvgIpc) is 2.86. The number of rotatable bonds is 5. The molecule has 194 valence electrons. The zero-order chi connectivity index (χ0) is 26.1. The van der Waals surface area contributed by atoms with Gasteiger partial charge in [0.1, 0.15) is 0 Å². The molecule has 2 aromatic rings. The van der Waals surface area contributed by atoms with E-state index in [0.717, 1.165) is 29.7 Å². The van der Waals surface area contributed by atoms with Crippen LogP contribution in [0.25, 0.3) is 0 Å². The van der Waals surface area contributed by atoms with Gasteiger partial charge >= 0.3 is 0 Å². The van der Waals surface area contributed by atoms with Crippen LogP contribution in [0.15, 0.2) is 53.4 Å². The molecule has 2 amide bonds. The molecule has 0 aromatic heterocycles. The van der Waals surface area contributed by atoms with Crippen molar-refractivity contribution in [2.75, 3.05) is 24.5 Å². The standard InChI is InChI=1S/C28H37N3O4S/c1-21(32)30-16-8-11-24-19-25(12-13-26(24)30)36(34,35)29-17-14-23(15-18-29)27(33)31(28(2,3)4)20-22-9-6-5-7-10-22/h5-7,9-10,12-13,19,23H,8,11,14-18,20H2,1-4H3. The zero-order valence-corrected chi connectivity index (χ0v) is 22.6. The van der Waals surface area contributed by atoms with Gasteiger partial charge in [-0.3, -0.25) is 9.59 Å². The van der Waals surface area contributed by atoms with Crippen molar-refractivity contribution in [1.29, 1.82) is 0 Å². The molecular formula is C28H37N3O4S. The number of piperidine rings is 1. The molecule has 0 radical (unpaired) electrons. The molecule has 1 fully saturated rings. The van der Waals surface area contributed by atoms with Gasteiger partial charge in [0.05, 0.1) is 4.90 Å². The van der Waals surface area contributed by atoms with E-state index in [1.54, 1.807) is 23.1 Å². The first-order chi connectivity index (χ1) is 17.0. The molecule has 2 aliphatic rings. The quantitative estimate of drug-likeness (QED) is 0.602. The van der Waals surface area contributed by atoms with Gasteiger partial charge in [0, 0.05) is 50.2 Å². The van der Waals surface area contributed by atoms with E-state index < -0.39 is 10.0 Å². The molecule has 1 saturated heterocycles. The highest BCUT2D eigenvalue weighted by Gasteiger charge is 2.37. The van der Waals surface area contributed by atoms with E-state index in [9.17, 15) is 18.0 Å². The third-order valence-corrected chi connectivity index (χ3v) is 9.14. The Labute approximate surface area is 215 Å². The van der Waals surface area contributed by atoms with Crippen molar-refractivity contribution in [3.05, 3.63) is 59.7 Å². The van der Waals surface area contributed by atoms with Crippen LogP contribution in [0.4, 0.5) is 5.69 Å². The molecule has 4 rings (SSSR count). The van der Waals surface area contributed by atoms with Crippen molar-refractivity contribution < 1.29 is 18.0 Å². The molecule has 0 spiro atoms. The Balaban J connectivity index is 1.46. The number of hydrogen-bond acceptors (Lipinski definition) is 4. The van der Waals surface area contributed by atoms with Gasteiger partial charge in [-0.25, -0.2) is 8.42 Å². The van der Waals surface area contributed by atoms with E-state index in [2.05, 4.69) is 0 Å². The van der Waals surface area contributed by atoms with Crippen LogP contribution in [-0.4, -0.2) is 54.6 Å². The summed E-state index contributed by atoms with van der Waals surface area (Å²) in [4.78, 5) is 29.4. The predicted molar refractivity (Wildman–Crippen MR) is 141 cm³/mol. The molecule has 2 aliphatic heterocycles. The second-order valence-corrected chi connectivity index (χ2v) is 12.8. The number of anilines is 1. The fourth-order valence-corrected chi connectivity index (χ4v) is 6.71. The third kappa shape index (κ3) is 5.49. The first-order valence-electron chi connectivity index (χ1n) is 12.7. The van der Waals surface area contributed by atoms with Gasteiger partial charge < -0.3 is 9.80 Å². The van der Waals surface area contributed by atoms with Crippen LogP contribution in [0.3, 0.4) is 0 Å². The Bertz CT molecular complexity index is 1210. The van der Waals surface area contributed by atoms with E-state index >= 15 is 0 Å². The lowest BCUT2D eigenvalue weighted by Gasteiger charge is -2.40. The number of amides is 2. The Morgan fingerprint density at radius 2 is 1.67 bits per heavy atom. The van der Waals surface area contributed by atoms with Crippen molar-refractivity contribution in [1.82, 2.24) is 9.21 Å². The smallest absolute Gasteiger partial charge is 0.243 e. The van der Waals surface area contributed by atoms with Crippen LogP contribution < -0.4 is 4.90 Å². The van der Waals surface area contributed by atoms with Crippen LogP contribution in [0.2, 0.25) is 0 Å². The van der Waals surface area contributed by atoms with E-state index in [1.807, 2.05) is 56.0 Å². The minimum atomic E-state index is -3.67. The molecule has 0 N–H and O–H groups in total. The van der Waals surface area contributed by atoms with Crippen molar-refractivity contribution in [3.63, 3.8) is 0 Å². The van der Waals surface area contributed by atoms with Crippen LogP contribution in [-0.2, 0) is 32.6 Å². The summed E-state index contributed by atoms with van der Waals surface area (Å²) >= 11 is 0. The van der Waals surface area contributed by atoms with Gasteiger partial charge in [-0.2, -0.15) is 4.31 Å². The Morgan fingerprint density at radius 1 is 1.00 bits per heavy atom. The molecule has 0 aliphatic carbocycles. The summed E-state index contributed by atoms with van der Waals surface area (Å²) < 4.78 is 28.4. The minimum Gasteiger partial charge on any atom is -0.333 e. The van der Waals surface area contributed by atoms with Gasteiger partial charge in [0.15, 0.2) is 0 Å². The number of hydrogen-bond donors (Lipinski definition) is 0. The number of benzene rings is 2. The third-order valence-electron chi connectivity index (χ3n) is 7.25. The van der Waals surface area contributed by atoms with Crippen molar-refractivity contribution in [2.45, 2.75) is 70.4 Å². The molecular weight excluding hydrogens is 474 g/mol.